The molecule has 1 heterocycles. The molecule has 0 saturated heterocycles. The van der Waals surface area contributed by atoms with Gasteiger partial charge in [-0.1, -0.05) is 48.3 Å². The summed E-state index contributed by atoms with van der Waals surface area (Å²) in [5.74, 6) is 0.803. The molecule has 1 aromatic carbocycles. The molecule has 2 N–H and O–H groups in total. The monoisotopic (exact) mass is 428 g/mol. The Morgan fingerprint density at radius 2 is 1.96 bits per heavy atom. The maximum atomic E-state index is 4.84. The molecule has 126 valence electrons. The predicted octanol–water partition coefficient (Wildman–Crippen LogP) is 3.64. The van der Waals surface area contributed by atoms with Gasteiger partial charge in [-0.05, 0) is 18.9 Å². The van der Waals surface area contributed by atoms with Gasteiger partial charge in [-0.2, -0.15) is 0 Å². The predicted molar refractivity (Wildman–Crippen MR) is 104 cm³/mol. The fourth-order valence-corrected chi connectivity index (χ4v) is 1.92. The number of halogens is 1. The lowest BCUT2D eigenvalue weighted by atomic mass is 10.1. The van der Waals surface area contributed by atoms with Gasteiger partial charge in [-0.15, -0.1) is 24.0 Å². The van der Waals surface area contributed by atoms with E-state index in [9.17, 15) is 0 Å². The van der Waals surface area contributed by atoms with Crippen LogP contribution >= 0.6 is 24.0 Å². The molecule has 0 atom stereocenters. The van der Waals surface area contributed by atoms with Crippen LogP contribution in [0.1, 0.15) is 36.6 Å². The number of hydrogen-bond donors (Lipinski definition) is 2. The minimum Gasteiger partial charge on any atom is -0.364 e. The molecule has 0 spiro atoms. The lowest BCUT2D eigenvalue weighted by molar-refractivity contribution is 0.410. The Labute approximate surface area is 155 Å². The van der Waals surface area contributed by atoms with E-state index in [-0.39, 0.29) is 24.0 Å². The second-order valence-electron chi connectivity index (χ2n) is 5.28. The SMILES string of the molecule is CCCCNC(=NCc1ccc(C)cc1)NCc1ccon1.I. The van der Waals surface area contributed by atoms with Gasteiger partial charge < -0.3 is 15.2 Å². The third-order valence-electron chi connectivity index (χ3n) is 3.29. The van der Waals surface area contributed by atoms with E-state index in [1.54, 1.807) is 6.26 Å². The van der Waals surface area contributed by atoms with E-state index in [4.69, 9.17) is 4.52 Å². The summed E-state index contributed by atoms with van der Waals surface area (Å²) < 4.78 is 4.84. The van der Waals surface area contributed by atoms with Crippen LogP contribution in [0.2, 0.25) is 0 Å². The van der Waals surface area contributed by atoms with E-state index < -0.39 is 0 Å². The highest BCUT2D eigenvalue weighted by molar-refractivity contribution is 14.0. The maximum Gasteiger partial charge on any atom is 0.191 e. The summed E-state index contributed by atoms with van der Waals surface area (Å²) in [6, 6.07) is 10.3. The summed E-state index contributed by atoms with van der Waals surface area (Å²) in [6.45, 7) is 6.43. The largest absolute Gasteiger partial charge is 0.364 e. The molecule has 0 unspecified atom stereocenters. The quantitative estimate of drug-likeness (QED) is 0.306. The number of aromatic nitrogens is 1. The van der Waals surface area contributed by atoms with E-state index in [2.05, 4.69) is 58.9 Å². The molecule has 0 bridgehead atoms. The van der Waals surface area contributed by atoms with Crippen LogP contribution in [0.4, 0.5) is 0 Å². The van der Waals surface area contributed by atoms with Crippen LogP contribution in [0.3, 0.4) is 0 Å². The second-order valence-corrected chi connectivity index (χ2v) is 5.28. The number of guanidine groups is 1. The fourth-order valence-electron chi connectivity index (χ4n) is 1.92. The van der Waals surface area contributed by atoms with Gasteiger partial charge >= 0.3 is 0 Å². The molecule has 2 aromatic rings. The number of benzene rings is 1. The van der Waals surface area contributed by atoms with Crippen molar-refractivity contribution >= 4 is 29.9 Å². The van der Waals surface area contributed by atoms with Crippen LogP contribution < -0.4 is 10.6 Å². The van der Waals surface area contributed by atoms with Crippen molar-refractivity contribution in [2.75, 3.05) is 6.54 Å². The van der Waals surface area contributed by atoms with E-state index >= 15 is 0 Å². The standard InChI is InChI=1S/C17H24N4O.HI/c1-3-4-10-18-17(20-13-16-9-11-22-21-16)19-12-15-7-5-14(2)6-8-15;/h5-9,11H,3-4,10,12-13H2,1-2H3,(H2,18,19,20);1H. The Bertz CT molecular complexity index is 567. The fraction of sp³-hybridized carbons (Fsp3) is 0.412. The van der Waals surface area contributed by atoms with Crippen LogP contribution in [-0.2, 0) is 13.1 Å². The zero-order valence-corrected chi connectivity index (χ0v) is 16.0. The van der Waals surface area contributed by atoms with Crippen LogP contribution in [-0.4, -0.2) is 17.7 Å². The Morgan fingerprint density at radius 1 is 1.17 bits per heavy atom. The van der Waals surface area contributed by atoms with Crippen molar-refractivity contribution < 1.29 is 4.52 Å². The molecule has 6 heteroatoms. The number of hydrogen-bond acceptors (Lipinski definition) is 3. The van der Waals surface area contributed by atoms with Crippen molar-refractivity contribution in [3.05, 3.63) is 53.4 Å². The first-order valence-corrected chi connectivity index (χ1v) is 7.75. The topological polar surface area (TPSA) is 62.5 Å². The smallest absolute Gasteiger partial charge is 0.191 e. The Kier molecular flexibility index (Phi) is 9.35. The molecule has 2 rings (SSSR count). The molecule has 0 fully saturated rings. The summed E-state index contributed by atoms with van der Waals surface area (Å²) in [7, 11) is 0. The third-order valence-corrected chi connectivity index (χ3v) is 3.29. The number of nitrogens with one attached hydrogen (secondary N) is 2. The Morgan fingerprint density at radius 3 is 2.61 bits per heavy atom. The molecule has 0 aliphatic carbocycles. The second kappa shape index (κ2) is 11.0. The highest BCUT2D eigenvalue weighted by Gasteiger charge is 2.01. The van der Waals surface area contributed by atoms with E-state index in [0.717, 1.165) is 31.0 Å². The highest BCUT2D eigenvalue weighted by Crippen LogP contribution is 2.04. The van der Waals surface area contributed by atoms with Crippen molar-refractivity contribution in [1.29, 1.82) is 0 Å². The van der Waals surface area contributed by atoms with Crippen LogP contribution in [0.25, 0.3) is 0 Å². The first-order chi connectivity index (χ1) is 10.8. The highest BCUT2D eigenvalue weighted by atomic mass is 127. The van der Waals surface area contributed by atoms with E-state index in [0.29, 0.717) is 13.1 Å². The molecule has 0 aliphatic rings. The van der Waals surface area contributed by atoms with Gasteiger partial charge in [-0.3, -0.25) is 0 Å². The summed E-state index contributed by atoms with van der Waals surface area (Å²) in [6.07, 6.45) is 3.85. The molecule has 5 nitrogen and oxygen atoms in total. The zero-order chi connectivity index (χ0) is 15.6. The lowest BCUT2D eigenvalue weighted by Gasteiger charge is -2.11. The van der Waals surface area contributed by atoms with Crippen molar-refractivity contribution in [1.82, 2.24) is 15.8 Å². The minimum atomic E-state index is 0. The van der Waals surface area contributed by atoms with Crippen molar-refractivity contribution in [2.24, 2.45) is 4.99 Å². The normalized spacial score (nSPS) is 11.0. The zero-order valence-electron chi connectivity index (χ0n) is 13.7. The summed E-state index contributed by atoms with van der Waals surface area (Å²) >= 11 is 0. The third kappa shape index (κ3) is 7.49. The molecule has 0 saturated carbocycles. The van der Waals surface area contributed by atoms with Gasteiger partial charge in [-0.25, -0.2) is 4.99 Å². The van der Waals surface area contributed by atoms with Crippen LogP contribution in [0, 0.1) is 6.92 Å². The molecule has 1 aromatic heterocycles. The molecular weight excluding hydrogens is 403 g/mol. The molecule has 0 aliphatic heterocycles. The average molecular weight is 428 g/mol. The lowest BCUT2D eigenvalue weighted by Crippen LogP contribution is -2.37. The maximum absolute atomic E-state index is 4.84. The molecule has 23 heavy (non-hydrogen) atoms. The summed E-state index contributed by atoms with van der Waals surface area (Å²) in [5.41, 5.74) is 3.32. The van der Waals surface area contributed by atoms with Gasteiger partial charge in [0.1, 0.15) is 12.0 Å². The minimum absolute atomic E-state index is 0. The number of aliphatic imine (C=N–C) groups is 1. The van der Waals surface area contributed by atoms with Crippen molar-refractivity contribution in [3.8, 4) is 0 Å². The van der Waals surface area contributed by atoms with Gasteiger partial charge in [0, 0.05) is 12.6 Å². The van der Waals surface area contributed by atoms with Crippen molar-refractivity contribution in [3.63, 3.8) is 0 Å². The van der Waals surface area contributed by atoms with Gasteiger partial charge in [0.15, 0.2) is 5.96 Å². The van der Waals surface area contributed by atoms with Crippen LogP contribution in [0.15, 0.2) is 46.1 Å². The Hall–Kier alpha value is -1.57. The molecular formula is C17H25IN4O. The summed E-state index contributed by atoms with van der Waals surface area (Å²) in [5, 5.41) is 10.5. The van der Waals surface area contributed by atoms with Crippen molar-refractivity contribution in [2.45, 2.75) is 39.8 Å². The number of unbranched alkanes of at least 4 members (excludes halogenated alkanes) is 1. The Balaban J connectivity index is 0.00000264. The van der Waals surface area contributed by atoms with Gasteiger partial charge in [0.25, 0.3) is 0 Å². The first kappa shape index (κ1) is 19.5. The first-order valence-electron chi connectivity index (χ1n) is 7.75. The average Bonchev–Trinajstić information content (AvgIpc) is 3.04. The number of nitrogens with zero attached hydrogens (tertiary/aromatic N) is 2. The summed E-state index contributed by atoms with van der Waals surface area (Å²) in [4.78, 5) is 4.63. The van der Waals surface area contributed by atoms with Crippen LogP contribution in [0.5, 0.6) is 0 Å². The number of rotatable bonds is 7. The molecule has 0 radical (unpaired) electrons. The number of aryl methyl sites for hydroxylation is 1. The van der Waals surface area contributed by atoms with E-state index in [1.807, 2.05) is 6.07 Å². The molecule has 0 amide bonds. The van der Waals surface area contributed by atoms with Gasteiger partial charge in [0.2, 0.25) is 0 Å². The van der Waals surface area contributed by atoms with Gasteiger partial charge in [0.05, 0.1) is 13.1 Å². The van der Waals surface area contributed by atoms with E-state index in [1.165, 1.54) is 11.1 Å².